The molecule has 30 heavy (non-hydrogen) atoms. The lowest BCUT2D eigenvalue weighted by Gasteiger charge is -2.36. The van der Waals surface area contributed by atoms with Crippen LogP contribution in [-0.4, -0.2) is 52.2 Å². The van der Waals surface area contributed by atoms with Gasteiger partial charge in [0.15, 0.2) is 5.82 Å². The Morgan fingerprint density at radius 1 is 0.967 bits per heavy atom. The van der Waals surface area contributed by atoms with Gasteiger partial charge in [-0.05, 0) is 12.1 Å². The van der Waals surface area contributed by atoms with Crippen LogP contribution in [0.3, 0.4) is 0 Å². The van der Waals surface area contributed by atoms with Gasteiger partial charge < -0.3 is 14.8 Å². The average Bonchev–Trinajstić information content (AvgIpc) is 2.79. The molecular weight excluding hydrogens is 385 g/mol. The largest absolute Gasteiger partial charge is 0.366 e. The molecule has 0 aliphatic carbocycles. The first-order chi connectivity index (χ1) is 14.6. The summed E-state index contributed by atoms with van der Waals surface area (Å²) in [6.07, 6.45) is 0.409. The molecule has 0 saturated carbocycles. The first-order valence-electron chi connectivity index (χ1n) is 9.90. The van der Waals surface area contributed by atoms with Crippen molar-refractivity contribution in [3.63, 3.8) is 0 Å². The number of carbonyl (C=O) groups is 1. The predicted molar refractivity (Wildman–Crippen MR) is 112 cm³/mol. The zero-order valence-corrected chi connectivity index (χ0v) is 16.4. The van der Waals surface area contributed by atoms with Gasteiger partial charge >= 0.3 is 0 Å². The van der Waals surface area contributed by atoms with Crippen LogP contribution in [0.2, 0.25) is 0 Å². The summed E-state index contributed by atoms with van der Waals surface area (Å²) in [7, 11) is 0. The second kappa shape index (κ2) is 8.86. The number of aryl methyl sites for hydroxylation is 1. The molecule has 1 N–H and O–H groups in total. The molecule has 2 aromatic carbocycles. The Bertz CT molecular complexity index is 1080. The number of H-pyrrole nitrogens is 1. The van der Waals surface area contributed by atoms with E-state index < -0.39 is 0 Å². The minimum atomic E-state index is -0.332. The normalized spacial score (nSPS) is 14.0. The Balaban J connectivity index is 1.32. The van der Waals surface area contributed by atoms with Crippen LogP contribution in [0.25, 0.3) is 11.4 Å². The molecule has 1 aliphatic heterocycles. The standard InChI is InChI=1S/C22H22FN5O2/c23-17-8-4-5-9-19(17)27-12-14-28(15-13-27)20(29)11-10-18-22(30)24-21(26-25-18)16-6-2-1-3-7-16/h1-9H,10-15H2,(H,24,26,30). The Labute approximate surface area is 173 Å². The van der Waals surface area contributed by atoms with Gasteiger partial charge in [-0.3, -0.25) is 9.59 Å². The van der Waals surface area contributed by atoms with Crippen LogP contribution in [0.1, 0.15) is 12.1 Å². The predicted octanol–water partition coefficient (Wildman–Crippen LogP) is 2.25. The lowest BCUT2D eigenvalue weighted by atomic mass is 10.2. The maximum absolute atomic E-state index is 13.9. The van der Waals surface area contributed by atoms with E-state index in [-0.39, 0.29) is 35.8 Å². The molecule has 1 aromatic heterocycles. The SMILES string of the molecule is O=C(CCc1nnc(-c2ccccc2)[nH]c1=O)N1CCN(c2ccccc2F)CC1. The molecule has 0 atom stereocenters. The number of carbonyl (C=O) groups excluding carboxylic acids is 1. The smallest absolute Gasteiger partial charge is 0.273 e. The minimum Gasteiger partial charge on any atom is -0.366 e. The van der Waals surface area contributed by atoms with Gasteiger partial charge in [-0.2, -0.15) is 0 Å². The Hall–Kier alpha value is -3.55. The van der Waals surface area contributed by atoms with Crippen molar-refractivity contribution in [2.24, 2.45) is 0 Å². The van der Waals surface area contributed by atoms with Crippen LogP contribution < -0.4 is 10.5 Å². The summed E-state index contributed by atoms with van der Waals surface area (Å²) < 4.78 is 13.9. The van der Waals surface area contributed by atoms with Gasteiger partial charge in [0.1, 0.15) is 11.5 Å². The number of hydrogen-bond donors (Lipinski definition) is 1. The van der Waals surface area contributed by atoms with Gasteiger partial charge in [0, 0.05) is 44.6 Å². The number of rotatable bonds is 5. The third-order valence-electron chi connectivity index (χ3n) is 5.21. The number of para-hydroxylation sites is 1. The van der Waals surface area contributed by atoms with E-state index in [1.165, 1.54) is 6.07 Å². The molecule has 4 rings (SSSR count). The highest BCUT2D eigenvalue weighted by atomic mass is 19.1. The number of benzene rings is 2. The quantitative estimate of drug-likeness (QED) is 0.702. The average molecular weight is 407 g/mol. The second-order valence-corrected chi connectivity index (χ2v) is 7.13. The van der Waals surface area contributed by atoms with Gasteiger partial charge in [0.25, 0.3) is 5.56 Å². The highest BCUT2D eigenvalue weighted by Crippen LogP contribution is 2.20. The molecule has 8 heteroatoms. The van der Waals surface area contributed by atoms with Crippen LogP contribution in [0, 0.1) is 5.82 Å². The number of anilines is 1. The summed E-state index contributed by atoms with van der Waals surface area (Å²) in [5.74, 6) is 0.102. The molecule has 1 fully saturated rings. The van der Waals surface area contributed by atoms with Crippen molar-refractivity contribution in [1.29, 1.82) is 0 Å². The summed E-state index contributed by atoms with van der Waals surface area (Å²) in [5, 5.41) is 8.10. The molecule has 1 saturated heterocycles. The van der Waals surface area contributed by atoms with Crippen molar-refractivity contribution in [3.05, 3.63) is 76.5 Å². The Morgan fingerprint density at radius 3 is 2.37 bits per heavy atom. The highest BCUT2D eigenvalue weighted by Gasteiger charge is 2.23. The van der Waals surface area contributed by atoms with Crippen molar-refractivity contribution >= 4 is 11.6 Å². The number of aromatic amines is 1. The molecule has 3 aromatic rings. The molecule has 1 amide bonds. The van der Waals surface area contributed by atoms with E-state index >= 15 is 0 Å². The van der Waals surface area contributed by atoms with E-state index in [9.17, 15) is 14.0 Å². The van der Waals surface area contributed by atoms with E-state index in [4.69, 9.17) is 0 Å². The zero-order chi connectivity index (χ0) is 20.9. The number of piperazine rings is 1. The third kappa shape index (κ3) is 4.37. The van der Waals surface area contributed by atoms with Gasteiger partial charge in [0.2, 0.25) is 5.91 Å². The van der Waals surface area contributed by atoms with Crippen LogP contribution >= 0.6 is 0 Å². The number of hydrogen-bond acceptors (Lipinski definition) is 5. The second-order valence-electron chi connectivity index (χ2n) is 7.13. The fourth-order valence-electron chi connectivity index (χ4n) is 3.54. The first-order valence-corrected chi connectivity index (χ1v) is 9.90. The number of nitrogens with one attached hydrogen (secondary N) is 1. The molecule has 0 radical (unpaired) electrons. The molecule has 0 spiro atoms. The Morgan fingerprint density at radius 2 is 1.67 bits per heavy atom. The molecular formula is C22H22FN5O2. The van der Waals surface area contributed by atoms with Gasteiger partial charge in [-0.25, -0.2) is 4.39 Å². The van der Waals surface area contributed by atoms with E-state index in [1.54, 1.807) is 23.1 Å². The summed E-state index contributed by atoms with van der Waals surface area (Å²) in [5.41, 5.74) is 1.25. The number of aromatic nitrogens is 3. The van der Waals surface area contributed by atoms with Gasteiger partial charge in [-0.1, -0.05) is 42.5 Å². The lowest BCUT2D eigenvalue weighted by Crippen LogP contribution is -2.49. The van der Waals surface area contributed by atoms with E-state index in [0.717, 1.165) is 5.56 Å². The molecule has 154 valence electrons. The summed E-state index contributed by atoms with van der Waals surface area (Å²) in [6.45, 7) is 2.17. The van der Waals surface area contributed by atoms with Crippen molar-refractivity contribution in [1.82, 2.24) is 20.1 Å². The summed E-state index contributed by atoms with van der Waals surface area (Å²) in [4.78, 5) is 31.3. The number of halogens is 1. The first kappa shape index (κ1) is 19.8. The van der Waals surface area contributed by atoms with Crippen molar-refractivity contribution in [3.8, 4) is 11.4 Å². The van der Waals surface area contributed by atoms with Gasteiger partial charge in [0.05, 0.1) is 5.69 Å². The molecule has 1 aliphatic rings. The zero-order valence-electron chi connectivity index (χ0n) is 16.4. The van der Waals surface area contributed by atoms with E-state index in [1.807, 2.05) is 35.2 Å². The summed E-state index contributed by atoms with van der Waals surface area (Å²) in [6, 6.07) is 15.9. The topological polar surface area (TPSA) is 82.2 Å². The third-order valence-corrected chi connectivity index (χ3v) is 5.21. The van der Waals surface area contributed by atoms with Crippen molar-refractivity contribution < 1.29 is 9.18 Å². The fourth-order valence-corrected chi connectivity index (χ4v) is 3.54. The van der Waals surface area contributed by atoms with Crippen LogP contribution in [-0.2, 0) is 11.2 Å². The van der Waals surface area contributed by atoms with E-state index in [2.05, 4.69) is 15.2 Å². The maximum atomic E-state index is 13.9. The van der Waals surface area contributed by atoms with Crippen molar-refractivity contribution in [2.75, 3.05) is 31.1 Å². The van der Waals surface area contributed by atoms with Crippen LogP contribution in [0.15, 0.2) is 59.4 Å². The highest BCUT2D eigenvalue weighted by molar-refractivity contribution is 5.76. The number of nitrogens with zero attached hydrogens (tertiary/aromatic N) is 4. The van der Waals surface area contributed by atoms with Gasteiger partial charge in [-0.15, -0.1) is 10.2 Å². The number of amides is 1. The monoisotopic (exact) mass is 407 g/mol. The lowest BCUT2D eigenvalue weighted by molar-refractivity contribution is -0.131. The maximum Gasteiger partial charge on any atom is 0.273 e. The fraction of sp³-hybridized carbons (Fsp3) is 0.273. The molecule has 0 bridgehead atoms. The molecule has 2 heterocycles. The van der Waals surface area contributed by atoms with E-state index in [0.29, 0.717) is 37.7 Å². The van der Waals surface area contributed by atoms with Crippen LogP contribution in [0.4, 0.5) is 10.1 Å². The molecule has 0 unspecified atom stereocenters. The minimum absolute atomic E-state index is 0.0449. The van der Waals surface area contributed by atoms with Crippen molar-refractivity contribution in [2.45, 2.75) is 12.8 Å². The Kier molecular flexibility index (Phi) is 5.83. The van der Waals surface area contributed by atoms with Crippen LogP contribution in [0.5, 0.6) is 0 Å². The molecule has 7 nitrogen and oxygen atoms in total. The summed E-state index contributed by atoms with van der Waals surface area (Å²) >= 11 is 0.